The molecule has 9 heteroatoms. The second-order valence-corrected chi connectivity index (χ2v) is 5.02. The van der Waals surface area contributed by atoms with Gasteiger partial charge in [0.25, 0.3) is 5.91 Å². The Morgan fingerprint density at radius 2 is 1.83 bits per heavy atom. The first-order valence-corrected chi connectivity index (χ1v) is 6.93. The topological polar surface area (TPSA) is 153 Å². The Hall–Kier alpha value is -3.20. The van der Waals surface area contributed by atoms with Crippen molar-refractivity contribution in [2.24, 2.45) is 0 Å². The van der Waals surface area contributed by atoms with Crippen molar-refractivity contribution in [3.8, 4) is 0 Å². The molecule has 0 bridgehead atoms. The van der Waals surface area contributed by atoms with Crippen LogP contribution in [0.2, 0.25) is 0 Å². The zero-order valence-electron chi connectivity index (χ0n) is 12.3. The number of carboxylic acid groups (broad SMARTS) is 2. The normalized spacial score (nSPS) is 13.0. The lowest BCUT2D eigenvalue weighted by molar-refractivity contribution is -0.148. The lowest BCUT2D eigenvalue weighted by atomic mass is 10.0. The number of amides is 1. The predicted molar refractivity (Wildman–Crippen MR) is 80.6 cm³/mol. The highest BCUT2D eigenvalue weighted by atomic mass is 16.4. The van der Waals surface area contributed by atoms with E-state index in [0.29, 0.717) is 0 Å². The van der Waals surface area contributed by atoms with Crippen LogP contribution in [0.25, 0.3) is 0 Å². The second-order valence-electron chi connectivity index (χ2n) is 5.02. The summed E-state index contributed by atoms with van der Waals surface area (Å²) in [5, 5.41) is 35.7. The standard InChI is InChI=1S/C15H15N3O6/c19-12(15(23)24)9(6-8-4-2-1-3-5-8)16-13(20)10-7-11(14(21)22)18-17-10/h1-5,7,9,12,19H,6H2,(H,16,20)(H,17,18)(H,21,22)(H,23,24). The third-order valence-corrected chi connectivity index (χ3v) is 3.29. The molecule has 126 valence electrons. The van der Waals surface area contributed by atoms with Gasteiger partial charge in [-0.15, -0.1) is 0 Å². The molecule has 0 saturated heterocycles. The number of aliphatic hydroxyl groups excluding tert-OH is 1. The van der Waals surface area contributed by atoms with E-state index >= 15 is 0 Å². The maximum absolute atomic E-state index is 12.1. The lowest BCUT2D eigenvalue weighted by Crippen LogP contribution is -2.48. The molecule has 0 aliphatic rings. The number of aromatic nitrogens is 2. The number of carboxylic acids is 2. The fourth-order valence-corrected chi connectivity index (χ4v) is 2.07. The van der Waals surface area contributed by atoms with Gasteiger partial charge in [0.1, 0.15) is 5.69 Å². The van der Waals surface area contributed by atoms with Gasteiger partial charge >= 0.3 is 11.9 Å². The fraction of sp³-hybridized carbons (Fsp3) is 0.200. The minimum Gasteiger partial charge on any atom is -0.479 e. The lowest BCUT2D eigenvalue weighted by Gasteiger charge is -2.21. The van der Waals surface area contributed by atoms with Crippen LogP contribution in [-0.4, -0.2) is 55.5 Å². The molecule has 0 aliphatic carbocycles. The Balaban J connectivity index is 2.15. The number of nitrogens with zero attached hydrogens (tertiary/aromatic N) is 1. The van der Waals surface area contributed by atoms with E-state index in [9.17, 15) is 19.5 Å². The van der Waals surface area contributed by atoms with Crippen LogP contribution in [0.1, 0.15) is 26.5 Å². The van der Waals surface area contributed by atoms with Gasteiger partial charge in [0, 0.05) is 6.07 Å². The summed E-state index contributed by atoms with van der Waals surface area (Å²) in [6.07, 6.45) is -1.75. The number of aromatic carboxylic acids is 1. The van der Waals surface area contributed by atoms with Crippen molar-refractivity contribution in [2.75, 3.05) is 0 Å². The highest BCUT2D eigenvalue weighted by Crippen LogP contribution is 2.08. The SMILES string of the molecule is O=C(NC(Cc1ccccc1)C(O)C(=O)O)c1cc(C(=O)O)[nH]n1. The van der Waals surface area contributed by atoms with Crippen molar-refractivity contribution >= 4 is 17.8 Å². The summed E-state index contributed by atoms with van der Waals surface area (Å²) in [6, 6.07) is 8.63. The highest BCUT2D eigenvalue weighted by molar-refractivity contribution is 5.95. The average molecular weight is 333 g/mol. The van der Waals surface area contributed by atoms with E-state index in [2.05, 4.69) is 15.5 Å². The molecule has 9 nitrogen and oxygen atoms in total. The van der Waals surface area contributed by atoms with Gasteiger partial charge in [-0.25, -0.2) is 9.59 Å². The van der Waals surface area contributed by atoms with E-state index in [1.54, 1.807) is 30.3 Å². The van der Waals surface area contributed by atoms with Gasteiger partial charge in [-0.2, -0.15) is 5.10 Å². The summed E-state index contributed by atoms with van der Waals surface area (Å²) < 4.78 is 0. The Morgan fingerprint density at radius 1 is 1.17 bits per heavy atom. The number of aliphatic hydroxyl groups is 1. The number of aromatic amines is 1. The number of aliphatic carboxylic acids is 1. The van der Waals surface area contributed by atoms with Crippen LogP contribution in [0.5, 0.6) is 0 Å². The zero-order valence-corrected chi connectivity index (χ0v) is 12.3. The van der Waals surface area contributed by atoms with Crippen molar-refractivity contribution in [2.45, 2.75) is 18.6 Å². The zero-order chi connectivity index (χ0) is 17.7. The van der Waals surface area contributed by atoms with Gasteiger partial charge in [-0.1, -0.05) is 30.3 Å². The minimum atomic E-state index is -1.83. The molecule has 0 aliphatic heterocycles. The molecular weight excluding hydrogens is 318 g/mol. The third kappa shape index (κ3) is 4.17. The number of benzene rings is 1. The molecule has 0 spiro atoms. The van der Waals surface area contributed by atoms with Crippen molar-refractivity contribution in [3.63, 3.8) is 0 Å². The van der Waals surface area contributed by atoms with E-state index < -0.39 is 30.0 Å². The molecule has 5 N–H and O–H groups in total. The number of nitrogens with one attached hydrogen (secondary N) is 2. The van der Waals surface area contributed by atoms with Crippen LogP contribution >= 0.6 is 0 Å². The molecule has 2 aromatic rings. The van der Waals surface area contributed by atoms with Crippen molar-refractivity contribution in [1.82, 2.24) is 15.5 Å². The van der Waals surface area contributed by atoms with Crippen LogP contribution in [-0.2, 0) is 11.2 Å². The third-order valence-electron chi connectivity index (χ3n) is 3.29. The summed E-state index contributed by atoms with van der Waals surface area (Å²) >= 11 is 0. The van der Waals surface area contributed by atoms with Crippen LogP contribution in [0, 0.1) is 0 Å². The molecule has 1 heterocycles. The van der Waals surface area contributed by atoms with Gasteiger partial charge < -0.3 is 20.6 Å². The van der Waals surface area contributed by atoms with E-state index in [1.807, 2.05) is 0 Å². The van der Waals surface area contributed by atoms with Gasteiger partial charge in [0.05, 0.1) is 6.04 Å². The number of rotatable bonds is 7. The summed E-state index contributed by atoms with van der Waals surface area (Å²) in [4.78, 5) is 33.9. The van der Waals surface area contributed by atoms with E-state index in [4.69, 9.17) is 10.2 Å². The predicted octanol–water partition coefficient (Wildman–Crippen LogP) is -0.106. The quantitative estimate of drug-likeness (QED) is 0.474. The molecule has 0 radical (unpaired) electrons. The van der Waals surface area contributed by atoms with E-state index in [-0.39, 0.29) is 17.8 Å². The molecule has 1 amide bonds. The second kappa shape index (κ2) is 7.38. The molecule has 0 fully saturated rings. The fourth-order valence-electron chi connectivity index (χ4n) is 2.07. The molecule has 1 aromatic carbocycles. The van der Waals surface area contributed by atoms with Gasteiger partial charge in [-0.3, -0.25) is 9.89 Å². The molecule has 1 aromatic heterocycles. The van der Waals surface area contributed by atoms with E-state index in [1.165, 1.54) is 0 Å². The Labute approximate surface area is 135 Å². The molecule has 0 saturated carbocycles. The monoisotopic (exact) mass is 333 g/mol. The average Bonchev–Trinajstić information content (AvgIpc) is 3.04. The molecule has 24 heavy (non-hydrogen) atoms. The Kier molecular flexibility index (Phi) is 5.27. The molecular formula is C15H15N3O6. The largest absolute Gasteiger partial charge is 0.479 e. The number of carbonyl (C=O) groups excluding carboxylic acids is 1. The van der Waals surface area contributed by atoms with Gasteiger partial charge in [0.15, 0.2) is 11.8 Å². The first kappa shape index (κ1) is 17.2. The summed E-state index contributed by atoms with van der Waals surface area (Å²) in [7, 11) is 0. The van der Waals surface area contributed by atoms with Crippen LogP contribution in [0.15, 0.2) is 36.4 Å². The summed E-state index contributed by atoms with van der Waals surface area (Å²) in [5.74, 6) is -3.56. The molecule has 2 atom stereocenters. The first-order valence-electron chi connectivity index (χ1n) is 6.93. The van der Waals surface area contributed by atoms with Gasteiger partial charge in [0.2, 0.25) is 0 Å². The van der Waals surface area contributed by atoms with Crippen molar-refractivity contribution < 1.29 is 29.7 Å². The Bertz CT molecular complexity index is 743. The summed E-state index contributed by atoms with van der Waals surface area (Å²) in [5.41, 5.74) is 0.220. The number of carbonyl (C=O) groups is 3. The highest BCUT2D eigenvalue weighted by Gasteiger charge is 2.28. The van der Waals surface area contributed by atoms with Crippen LogP contribution < -0.4 is 5.32 Å². The van der Waals surface area contributed by atoms with Crippen LogP contribution in [0.3, 0.4) is 0 Å². The van der Waals surface area contributed by atoms with E-state index in [0.717, 1.165) is 11.6 Å². The van der Waals surface area contributed by atoms with Crippen molar-refractivity contribution in [1.29, 1.82) is 0 Å². The summed E-state index contributed by atoms with van der Waals surface area (Å²) in [6.45, 7) is 0. The number of hydrogen-bond acceptors (Lipinski definition) is 5. The maximum atomic E-state index is 12.1. The number of hydrogen-bond donors (Lipinski definition) is 5. The van der Waals surface area contributed by atoms with Gasteiger partial charge in [-0.05, 0) is 12.0 Å². The maximum Gasteiger partial charge on any atom is 0.353 e. The Morgan fingerprint density at radius 3 is 2.38 bits per heavy atom. The van der Waals surface area contributed by atoms with Crippen molar-refractivity contribution in [3.05, 3.63) is 53.3 Å². The minimum absolute atomic E-state index is 0.0796. The molecule has 2 unspecified atom stereocenters. The van der Waals surface area contributed by atoms with Crippen LogP contribution in [0.4, 0.5) is 0 Å². The first-order chi connectivity index (χ1) is 11.4. The molecule has 2 rings (SSSR count). The number of H-pyrrole nitrogens is 1. The smallest absolute Gasteiger partial charge is 0.353 e.